The van der Waals surface area contributed by atoms with Crippen molar-refractivity contribution >= 4 is 5.97 Å². The van der Waals surface area contributed by atoms with E-state index in [0.29, 0.717) is 12.6 Å². The molecule has 1 fully saturated rings. The molecule has 0 aromatic heterocycles. The van der Waals surface area contributed by atoms with Crippen LogP contribution in [0.5, 0.6) is 5.75 Å². The van der Waals surface area contributed by atoms with Crippen molar-refractivity contribution in [2.24, 2.45) is 5.41 Å². The van der Waals surface area contributed by atoms with Crippen LogP contribution in [0.25, 0.3) is 0 Å². The number of carboxylic acid groups (broad SMARTS) is 1. The molecule has 1 heterocycles. The summed E-state index contributed by atoms with van der Waals surface area (Å²) >= 11 is 0. The first-order chi connectivity index (χ1) is 9.44. The fraction of sp³-hybridized carbons (Fsp3) is 0.562. The maximum atomic E-state index is 11.3. The number of benzene rings is 1. The molecular weight excluding hydrogens is 254 g/mol. The van der Waals surface area contributed by atoms with Gasteiger partial charge in [-0.25, -0.2) is 0 Å². The van der Waals surface area contributed by atoms with Crippen molar-refractivity contribution in [1.82, 2.24) is 4.90 Å². The van der Waals surface area contributed by atoms with Gasteiger partial charge in [0.1, 0.15) is 5.75 Å². The lowest BCUT2D eigenvalue weighted by Crippen LogP contribution is -2.37. The predicted octanol–water partition coefficient (Wildman–Crippen LogP) is 2.42. The first-order valence-corrected chi connectivity index (χ1v) is 7.05. The Labute approximate surface area is 120 Å². The van der Waals surface area contributed by atoms with E-state index in [-0.39, 0.29) is 0 Å². The highest BCUT2D eigenvalue weighted by Crippen LogP contribution is 2.31. The maximum absolute atomic E-state index is 11.3. The number of ether oxygens (including phenoxy) is 1. The minimum absolute atomic E-state index is 0.351. The summed E-state index contributed by atoms with van der Waals surface area (Å²) in [6, 6.07) is 8.43. The van der Waals surface area contributed by atoms with Gasteiger partial charge in [0.2, 0.25) is 0 Å². The average molecular weight is 277 g/mol. The topological polar surface area (TPSA) is 49.8 Å². The first-order valence-electron chi connectivity index (χ1n) is 7.05. The number of hydrogen-bond acceptors (Lipinski definition) is 3. The lowest BCUT2D eigenvalue weighted by molar-refractivity contribution is -0.147. The molecule has 1 aliphatic heterocycles. The molecule has 4 nitrogen and oxygen atoms in total. The van der Waals surface area contributed by atoms with E-state index in [2.05, 4.69) is 24.0 Å². The van der Waals surface area contributed by atoms with Crippen LogP contribution in [0.1, 0.15) is 25.8 Å². The van der Waals surface area contributed by atoms with Gasteiger partial charge in [0.15, 0.2) is 0 Å². The number of rotatable bonds is 5. The first kappa shape index (κ1) is 14.9. The van der Waals surface area contributed by atoms with Crippen molar-refractivity contribution in [3.8, 4) is 5.75 Å². The standard InChI is InChI=1S/C16H23NO3/c1-12(10-13-4-6-14(20-3)7-5-13)17-9-8-16(2,11-17)15(18)19/h4-7,12H,8-11H2,1-3H3,(H,18,19). The Bertz CT molecular complexity index is 471. The summed E-state index contributed by atoms with van der Waals surface area (Å²) in [7, 11) is 1.66. The molecule has 2 unspecified atom stereocenters. The van der Waals surface area contributed by atoms with Crippen LogP contribution >= 0.6 is 0 Å². The molecule has 0 aliphatic carbocycles. The number of carboxylic acids is 1. The van der Waals surface area contributed by atoms with Gasteiger partial charge in [-0.3, -0.25) is 9.69 Å². The minimum Gasteiger partial charge on any atom is -0.497 e. The highest BCUT2D eigenvalue weighted by atomic mass is 16.5. The third kappa shape index (κ3) is 3.12. The zero-order valence-corrected chi connectivity index (χ0v) is 12.4. The molecule has 110 valence electrons. The molecule has 2 rings (SSSR count). The number of likely N-dealkylation sites (tertiary alicyclic amines) is 1. The highest BCUT2D eigenvalue weighted by Gasteiger charge is 2.41. The summed E-state index contributed by atoms with van der Waals surface area (Å²) in [5.41, 5.74) is 0.663. The molecule has 0 amide bonds. The van der Waals surface area contributed by atoms with Gasteiger partial charge in [-0.15, -0.1) is 0 Å². The normalized spacial score (nSPS) is 24.6. The molecule has 1 aromatic carbocycles. The summed E-state index contributed by atoms with van der Waals surface area (Å²) in [4.78, 5) is 13.6. The number of hydrogen-bond donors (Lipinski definition) is 1. The van der Waals surface area contributed by atoms with Gasteiger partial charge in [-0.1, -0.05) is 12.1 Å². The summed E-state index contributed by atoms with van der Waals surface area (Å²) in [6.45, 7) is 5.51. The second-order valence-corrected chi connectivity index (χ2v) is 5.99. The highest BCUT2D eigenvalue weighted by molar-refractivity contribution is 5.74. The molecule has 1 N–H and O–H groups in total. The molecule has 0 radical (unpaired) electrons. The van der Waals surface area contributed by atoms with Gasteiger partial charge in [-0.05, 0) is 50.9 Å². The van der Waals surface area contributed by atoms with Crippen molar-refractivity contribution in [1.29, 1.82) is 0 Å². The van der Waals surface area contributed by atoms with E-state index in [0.717, 1.165) is 25.1 Å². The molecule has 0 spiro atoms. The van der Waals surface area contributed by atoms with Crippen LogP contribution in [-0.2, 0) is 11.2 Å². The van der Waals surface area contributed by atoms with Crippen LogP contribution in [0, 0.1) is 5.41 Å². The van der Waals surface area contributed by atoms with Gasteiger partial charge < -0.3 is 9.84 Å². The molecule has 20 heavy (non-hydrogen) atoms. The van der Waals surface area contributed by atoms with E-state index in [9.17, 15) is 9.90 Å². The van der Waals surface area contributed by atoms with E-state index in [1.165, 1.54) is 5.56 Å². The summed E-state index contributed by atoms with van der Waals surface area (Å²) in [5.74, 6) is 0.178. The van der Waals surface area contributed by atoms with Crippen LogP contribution in [-0.4, -0.2) is 42.2 Å². The summed E-state index contributed by atoms with van der Waals surface area (Å²) in [6.07, 6.45) is 1.66. The lowest BCUT2D eigenvalue weighted by Gasteiger charge is -2.26. The second-order valence-electron chi connectivity index (χ2n) is 5.99. The molecule has 0 saturated carbocycles. The number of methoxy groups -OCH3 is 1. The van der Waals surface area contributed by atoms with Gasteiger partial charge >= 0.3 is 5.97 Å². The second kappa shape index (κ2) is 5.83. The van der Waals surface area contributed by atoms with E-state index >= 15 is 0 Å². The Kier molecular flexibility index (Phi) is 4.33. The monoisotopic (exact) mass is 277 g/mol. The number of aliphatic carboxylic acids is 1. The van der Waals surface area contributed by atoms with E-state index in [4.69, 9.17) is 4.74 Å². The van der Waals surface area contributed by atoms with Gasteiger partial charge in [0, 0.05) is 12.6 Å². The van der Waals surface area contributed by atoms with Gasteiger partial charge in [-0.2, -0.15) is 0 Å². The van der Waals surface area contributed by atoms with E-state index in [1.807, 2.05) is 19.1 Å². The van der Waals surface area contributed by atoms with Gasteiger partial charge in [0.05, 0.1) is 12.5 Å². The van der Waals surface area contributed by atoms with Crippen molar-refractivity contribution < 1.29 is 14.6 Å². The summed E-state index contributed by atoms with van der Waals surface area (Å²) < 4.78 is 5.15. The third-order valence-corrected chi connectivity index (χ3v) is 4.33. The molecule has 4 heteroatoms. The van der Waals surface area contributed by atoms with Crippen molar-refractivity contribution in [3.63, 3.8) is 0 Å². The van der Waals surface area contributed by atoms with Crippen molar-refractivity contribution in [2.75, 3.05) is 20.2 Å². The van der Waals surface area contributed by atoms with Crippen molar-refractivity contribution in [3.05, 3.63) is 29.8 Å². The fourth-order valence-corrected chi connectivity index (χ4v) is 2.78. The lowest BCUT2D eigenvalue weighted by atomic mass is 9.90. The molecule has 1 saturated heterocycles. The fourth-order valence-electron chi connectivity index (χ4n) is 2.78. The van der Waals surface area contributed by atoms with Crippen LogP contribution in [0.15, 0.2) is 24.3 Å². The minimum atomic E-state index is -0.684. The van der Waals surface area contributed by atoms with E-state index in [1.54, 1.807) is 7.11 Å². The Morgan fingerprint density at radius 1 is 1.45 bits per heavy atom. The van der Waals surface area contributed by atoms with Gasteiger partial charge in [0.25, 0.3) is 0 Å². The number of nitrogens with zero attached hydrogens (tertiary/aromatic N) is 1. The Balaban J connectivity index is 1.95. The SMILES string of the molecule is COc1ccc(CC(C)N2CCC(C)(C(=O)O)C2)cc1. The number of carbonyl (C=O) groups is 1. The molecule has 2 atom stereocenters. The zero-order chi connectivity index (χ0) is 14.8. The average Bonchev–Trinajstić information content (AvgIpc) is 2.84. The Morgan fingerprint density at radius 3 is 2.60 bits per heavy atom. The Morgan fingerprint density at radius 2 is 2.10 bits per heavy atom. The largest absolute Gasteiger partial charge is 0.497 e. The predicted molar refractivity (Wildman–Crippen MR) is 78.1 cm³/mol. The van der Waals surface area contributed by atoms with Crippen molar-refractivity contribution in [2.45, 2.75) is 32.7 Å². The molecule has 1 aromatic rings. The van der Waals surface area contributed by atoms with E-state index < -0.39 is 11.4 Å². The maximum Gasteiger partial charge on any atom is 0.310 e. The van der Waals surface area contributed by atoms with Crippen LogP contribution in [0.4, 0.5) is 0 Å². The molecular formula is C16H23NO3. The quantitative estimate of drug-likeness (QED) is 0.898. The molecule has 1 aliphatic rings. The molecule has 0 bridgehead atoms. The smallest absolute Gasteiger partial charge is 0.310 e. The third-order valence-electron chi connectivity index (χ3n) is 4.33. The van der Waals surface area contributed by atoms with Crippen LogP contribution in [0.2, 0.25) is 0 Å². The van der Waals surface area contributed by atoms with Crippen LogP contribution < -0.4 is 4.74 Å². The van der Waals surface area contributed by atoms with Crippen LogP contribution in [0.3, 0.4) is 0 Å². The zero-order valence-electron chi connectivity index (χ0n) is 12.4. The Hall–Kier alpha value is -1.55. The summed E-state index contributed by atoms with van der Waals surface area (Å²) in [5, 5.41) is 9.28.